The van der Waals surface area contributed by atoms with Gasteiger partial charge in [0.1, 0.15) is 5.60 Å². The molecule has 118 valence electrons. The van der Waals surface area contributed by atoms with E-state index in [1.165, 1.54) is 12.1 Å². The average Bonchev–Trinajstić information content (AvgIpc) is 2.76. The van der Waals surface area contributed by atoms with E-state index in [1.807, 2.05) is 0 Å². The maximum atomic E-state index is 11.7. The summed E-state index contributed by atoms with van der Waals surface area (Å²) >= 11 is 0. The molecule has 0 atom stereocenters. The molecule has 0 radical (unpaired) electrons. The van der Waals surface area contributed by atoms with E-state index in [9.17, 15) is 19.9 Å². The van der Waals surface area contributed by atoms with Crippen LogP contribution in [0.1, 0.15) is 31.9 Å². The molecule has 0 bridgehead atoms. The molecule has 0 aromatic heterocycles. The first-order valence-corrected chi connectivity index (χ1v) is 6.74. The lowest BCUT2D eigenvalue weighted by atomic mass is 9.78. The molecule has 0 saturated carbocycles. The number of carbonyl (C=O) groups is 1. The minimum Gasteiger partial charge on any atom is -0.444 e. The summed E-state index contributed by atoms with van der Waals surface area (Å²) in [6.07, 6.45) is -0.618. The van der Waals surface area contributed by atoms with Crippen LogP contribution < -0.4 is 10.8 Å². The molecule has 1 aromatic carbocycles. The van der Waals surface area contributed by atoms with Gasteiger partial charge in [0.15, 0.2) is 0 Å². The van der Waals surface area contributed by atoms with Crippen LogP contribution in [0.4, 0.5) is 10.5 Å². The highest BCUT2D eigenvalue weighted by atomic mass is 16.6. The first-order valence-electron chi connectivity index (χ1n) is 6.74. The van der Waals surface area contributed by atoms with Gasteiger partial charge < -0.3 is 19.7 Å². The smallest absolute Gasteiger partial charge is 0.444 e. The summed E-state index contributed by atoms with van der Waals surface area (Å²) in [6, 6.07) is 2.64. The van der Waals surface area contributed by atoms with Gasteiger partial charge in [0.25, 0.3) is 5.69 Å². The number of nitrogens with zero attached hydrogens (tertiary/aromatic N) is 1. The van der Waals surface area contributed by atoms with Crippen molar-refractivity contribution in [2.75, 3.05) is 0 Å². The van der Waals surface area contributed by atoms with Crippen LogP contribution in [0.2, 0.25) is 0 Å². The van der Waals surface area contributed by atoms with Crippen LogP contribution in [-0.4, -0.2) is 28.8 Å². The van der Waals surface area contributed by atoms with Crippen LogP contribution in [0.15, 0.2) is 12.1 Å². The number of hydrogen-bond donors (Lipinski definition) is 2. The number of amides is 1. The van der Waals surface area contributed by atoms with Gasteiger partial charge in [0.05, 0.1) is 11.5 Å². The molecule has 1 aliphatic rings. The number of nitrogens with one attached hydrogen (secondary N) is 1. The monoisotopic (exact) mass is 308 g/mol. The molecule has 1 amide bonds. The Bertz CT molecular complexity index is 613. The van der Waals surface area contributed by atoms with Crippen molar-refractivity contribution in [3.8, 4) is 0 Å². The van der Waals surface area contributed by atoms with Gasteiger partial charge in [-0.15, -0.1) is 0 Å². The molecule has 22 heavy (non-hydrogen) atoms. The van der Waals surface area contributed by atoms with Crippen LogP contribution in [0, 0.1) is 10.1 Å². The standard InChI is InChI=1S/C13H17BN2O6/c1-13(2,3)22-12(17)15-6-8-4-9(16(19)20)5-11-10(8)7-21-14(11)18/h4-5,18H,6-7H2,1-3H3,(H,15,17). The number of nitro groups is 1. The zero-order chi connectivity index (χ0) is 16.5. The van der Waals surface area contributed by atoms with E-state index in [1.54, 1.807) is 20.8 Å². The van der Waals surface area contributed by atoms with E-state index < -0.39 is 23.7 Å². The maximum Gasteiger partial charge on any atom is 0.492 e. The highest BCUT2D eigenvalue weighted by Gasteiger charge is 2.32. The Morgan fingerprint density at radius 3 is 2.82 bits per heavy atom. The van der Waals surface area contributed by atoms with Crippen LogP contribution in [-0.2, 0) is 22.5 Å². The summed E-state index contributed by atoms with van der Waals surface area (Å²) in [6.45, 7) is 5.40. The summed E-state index contributed by atoms with van der Waals surface area (Å²) in [5, 5.41) is 23.2. The molecule has 1 aliphatic heterocycles. The zero-order valence-corrected chi connectivity index (χ0v) is 12.6. The molecule has 2 rings (SSSR count). The van der Waals surface area contributed by atoms with Gasteiger partial charge in [-0.3, -0.25) is 10.1 Å². The first kappa shape index (κ1) is 16.2. The summed E-state index contributed by atoms with van der Waals surface area (Å²) in [5.74, 6) is 0. The molecule has 0 aliphatic carbocycles. The predicted octanol–water partition coefficient (Wildman–Crippen LogP) is 0.837. The Morgan fingerprint density at radius 1 is 1.55 bits per heavy atom. The fraction of sp³-hybridized carbons (Fsp3) is 0.462. The van der Waals surface area contributed by atoms with E-state index >= 15 is 0 Å². The quantitative estimate of drug-likeness (QED) is 0.486. The Morgan fingerprint density at radius 2 is 2.23 bits per heavy atom. The van der Waals surface area contributed by atoms with E-state index in [2.05, 4.69) is 5.32 Å². The molecule has 0 spiro atoms. The number of carbonyl (C=O) groups excluding carboxylic acids is 1. The van der Waals surface area contributed by atoms with Crippen molar-refractivity contribution < 1.29 is 24.1 Å². The topological polar surface area (TPSA) is 111 Å². The second kappa shape index (κ2) is 5.94. The summed E-state index contributed by atoms with van der Waals surface area (Å²) in [7, 11) is -1.19. The molecule has 0 fully saturated rings. The second-order valence-electron chi connectivity index (χ2n) is 5.95. The van der Waals surface area contributed by atoms with Crippen LogP contribution in [0.3, 0.4) is 0 Å². The Labute approximate surface area is 127 Å². The number of fused-ring (bicyclic) bond motifs is 1. The van der Waals surface area contributed by atoms with Crippen LogP contribution in [0.25, 0.3) is 0 Å². The van der Waals surface area contributed by atoms with E-state index in [0.717, 1.165) is 0 Å². The van der Waals surface area contributed by atoms with Crippen molar-refractivity contribution in [2.45, 2.75) is 39.5 Å². The van der Waals surface area contributed by atoms with Gasteiger partial charge in [-0.1, -0.05) is 0 Å². The van der Waals surface area contributed by atoms with Crippen LogP contribution >= 0.6 is 0 Å². The molecular weight excluding hydrogens is 291 g/mol. The summed E-state index contributed by atoms with van der Waals surface area (Å²) in [5.41, 5.74) is 0.730. The molecule has 8 nitrogen and oxygen atoms in total. The molecule has 0 saturated heterocycles. The highest BCUT2D eigenvalue weighted by molar-refractivity contribution is 6.61. The number of ether oxygens (including phenoxy) is 1. The second-order valence-corrected chi connectivity index (χ2v) is 5.95. The molecule has 0 unspecified atom stereocenters. The fourth-order valence-corrected chi connectivity index (χ4v) is 2.13. The number of hydrogen-bond acceptors (Lipinski definition) is 6. The molecule has 1 aromatic rings. The van der Waals surface area contributed by atoms with E-state index in [-0.39, 0.29) is 18.8 Å². The third kappa shape index (κ3) is 3.74. The normalized spacial score (nSPS) is 13.7. The lowest BCUT2D eigenvalue weighted by Crippen LogP contribution is -2.33. The van der Waals surface area contributed by atoms with Crippen molar-refractivity contribution >= 4 is 24.4 Å². The van der Waals surface area contributed by atoms with Crippen molar-refractivity contribution in [3.63, 3.8) is 0 Å². The van der Waals surface area contributed by atoms with Gasteiger partial charge >= 0.3 is 13.2 Å². The highest BCUT2D eigenvalue weighted by Crippen LogP contribution is 2.21. The number of alkyl carbamates (subject to hydrolysis) is 1. The van der Waals surface area contributed by atoms with E-state index in [0.29, 0.717) is 16.6 Å². The summed E-state index contributed by atoms with van der Waals surface area (Å²) in [4.78, 5) is 22.1. The van der Waals surface area contributed by atoms with Gasteiger partial charge in [0.2, 0.25) is 0 Å². The van der Waals surface area contributed by atoms with Gasteiger partial charge in [-0.25, -0.2) is 4.79 Å². The zero-order valence-electron chi connectivity index (χ0n) is 12.6. The number of non-ortho nitro benzene ring substituents is 1. The van der Waals surface area contributed by atoms with Crippen LogP contribution in [0.5, 0.6) is 0 Å². The first-order chi connectivity index (χ1) is 10.2. The molecule has 1 heterocycles. The van der Waals surface area contributed by atoms with Crippen molar-refractivity contribution in [1.82, 2.24) is 5.32 Å². The largest absolute Gasteiger partial charge is 0.492 e. The lowest BCUT2D eigenvalue weighted by Gasteiger charge is -2.20. The third-order valence-corrected chi connectivity index (χ3v) is 3.05. The number of rotatable bonds is 3. The average molecular weight is 308 g/mol. The number of nitro benzene ring substituents is 1. The van der Waals surface area contributed by atoms with Crippen molar-refractivity contribution in [2.24, 2.45) is 0 Å². The summed E-state index contributed by atoms with van der Waals surface area (Å²) < 4.78 is 10.2. The lowest BCUT2D eigenvalue weighted by molar-refractivity contribution is -0.384. The van der Waals surface area contributed by atoms with Crippen molar-refractivity contribution in [3.05, 3.63) is 33.4 Å². The van der Waals surface area contributed by atoms with Crippen molar-refractivity contribution in [1.29, 1.82) is 0 Å². The molecule has 9 heteroatoms. The maximum absolute atomic E-state index is 11.7. The Hall–Kier alpha value is -2.13. The molecule has 2 N–H and O–H groups in total. The van der Waals surface area contributed by atoms with Gasteiger partial charge in [-0.05, 0) is 37.4 Å². The van der Waals surface area contributed by atoms with Gasteiger partial charge in [0, 0.05) is 18.7 Å². The van der Waals surface area contributed by atoms with Gasteiger partial charge in [-0.2, -0.15) is 0 Å². The third-order valence-electron chi connectivity index (χ3n) is 3.05. The van der Waals surface area contributed by atoms with E-state index in [4.69, 9.17) is 9.39 Å². The minimum absolute atomic E-state index is 0.0506. The Kier molecular flexibility index (Phi) is 4.38. The predicted molar refractivity (Wildman–Crippen MR) is 78.6 cm³/mol. The molecular formula is C13H17BN2O6. The number of benzene rings is 1. The fourth-order valence-electron chi connectivity index (χ4n) is 2.13. The Balaban J connectivity index is 2.19. The SMILES string of the molecule is CC(C)(C)OC(=O)NCc1cc([N+](=O)[O-])cc2c1COB2O. The minimum atomic E-state index is -1.19.